The molecule has 1 fully saturated rings. The highest BCUT2D eigenvalue weighted by molar-refractivity contribution is 7.91. The predicted octanol–water partition coefficient (Wildman–Crippen LogP) is 1.16. The molecule has 1 unspecified atom stereocenters. The number of carbonyl (C=O) groups excluding carboxylic acids is 1. The van der Waals surface area contributed by atoms with Crippen LogP contribution in [-0.2, 0) is 26.0 Å². The van der Waals surface area contributed by atoms with Crippen LogP contribution in [0.3, 0.4) is 0 Å². The van der Waals surface area contributed by atoms with Gasteiger partial charge in [0.2, 0.25) is 0 Å². The van der Waals surface area contributed by atoms with Gasteiger partial charge in [-0.1, -0.05) is 11.3 Å². The lowest BCUT2D eigenvalue weighted by atomic mass is 10.1. The van der Waals surface area contributed by atoms with Crippen LogP contribution in [0.25, 0.3) is 16.8 Å². The molecule has 2 N–H and O–H groups in total. The Morgan fingerprint density at radius 1 is 1.24 bits per heavy atom. The molecule has 2 aliphatic heterocycles. The summed E-state index contributed by atoms with van der Waals surface area (Å²) >= 11 is 0. The number of nitrogens with one attached hydrogen (secondary N) is 1. The SMILES string of the molecule is O=C1O[C@@H](Cn2ccnn2)CN1c1ccc(-c2ccc(C3=CC(CS(=O)(=O)CCO)ON3)nc2)c(F)c1. The molecule has 12 nitrogen and oxygen atoms in total. The van der Waals surface area contributed by atoms with E-state index in [0.29, 0.717) is 34.8 Å². The van der Waals surface area contributed by atoms with Gasteiger partial charge in [0, 0.05) is 23.5 Å². The molecule has 0 spiro atoms. The van der Waals surface area contributed by atoms with Crippen LogP contribution in [0.2, 0.25) is 0 Å². The first-order valence-electron chi connectivity index (χ1n) is 11.3. The number of amides is 1. The third-order valence-electron chi connectivity index (χ3n) is 5.84. The number of carbonyl (C=O) groups is 1. The normalized spacial score (nSPS) is 19.6. The van der Waals surface area contributed by atoms with Gasteiger partial charge in [0.1, 0.15) is 18.0 Å². The van der Waals surface area contributed by atoms with Gasteiger partial charge < -0.3 is 9.84 Å². The highest BCUT2D eigenvalue weighted by atomic mass is 32.2. The van der Waals surface area contributed by atoms with Crippen molar-refractivity contribution >= 4 is 27.3 Å². The Bertz CT molecular complexity index is 1410. The van der Waals surface area contributed by atoms with E-state index < -0.39 is 40.6 Å². The van der Waals surface area contributed by atoms with Gasteiger partial charge in [-0.25, -0.2) is 22.3 Å². The third kappa shape index (κ3) is 5.60. The second-order valence-electron chi connectivity index (χ2n) is 8.51. The van der Waals surface area contributed by atoms with E-state index in [1.165, 1.54) is 23.4 Å². The van der Waals surface area contributed by atoms with Crippen LogP contribution < -0.4 is 10.4 Å². The molecule has 5 rings (SSSR count). The number of benzene rings is 1. The maximum Gasteiger partial charge on any atom is 0.414 e. The molecule has 2 atom stereocenters. The lowest BCUT2D eigenvalue weighted by Crippen LogP contribution is -2.26. The largest absolute Gasteiger partial charge is 0.442 e. The molecule has 37 heavy (non-hydrogen) atoms. The second-order valence-corrected chi connectivity index (χ2v) is 10.7. The molecule has 14 heteroatoms. The summed E-state index contributed by atoms with van der Waals surface area (Å²) in [5, 5.41) is 16.4. The number of pyridine rings is 1. The van der Waals surface area contributed by atoms with E-state index in [1.807, 2.05) is 0 Å². The van der Waals surface area contributed by atoms with Crippen molar-refractivity contribution in [3.63, 3.8) is 0 Å². The van der Waals surface area contributed by atoms with Crippen molar-refractivity contribution in [2.24, 2.45) is 0 Å². The monoisotopic (exact) mass is 530 g/mol. The molecule has 4 heterocycles. The van der Waals surface area contributed by atoms with E-state index >= 15 is 4.39 Å². The summed E-state index contributed by atoms with van der Waals surface area (Å²) in [6, 6.07) is 7.81. The number of hydroxylamine groups is 1. The summed E-state index contributed by atoms with van der Waals surface area (Å²) in [6.45, 7) is 0.142. The van der Waals surface area contributed by atoms with Crippen molar-refractivity contribution in [2.45, 2.75) is 18.8 Å². The molecule has 3 aromatic rings. The molecular formula is C23H23FN6O6S. The number of hydrogen-bond acceptors (Lipinski definition) is 10. The molecule has 1 aromatic carbocycles. The van der Waals surface area contributed by atoms with Crippen molar-refractivity contribution < 1.29 is 32.3 Å². The average Bonchev–Trinajstić information content (AvgIpc) is 3.61. The van der Waals surface area contributed by atoms with Crippen LogP contribution in [-0.4, -0.2) is 76.5 Å². The van der Waals surface area contributed by atoms with Gasteiger partial charge in [0.15, 0.2) is 9.84 Å². The minimum Gasteiger partial charge on any atom is -0.442 e. The number of ether oxygens (including phenoxy) is 1. The first-order chi connectivity index (χ1) is 17.8. The fraction of sp³-hybridized carbons (Fsp3) is 0.304. The van der Waals surface area contributed by atoms with E-state index in [-0.39, 0.29) is 18.1 Å². The van der Waals surface area contributed by atoms with Crippen LogP contribution in [0, 0.1) is 5.82 Å². The zero-order valence-electron chi connectivity index (χ0n) is 19.4. The zero-order chi connectivity index (χ0) is 26.0. The smallest absolute Gasteiger partial charge is 0.414 e. The van der Waals surface area contributed by atoms with Crippen LogP contribution >= 0.6 is 0 Å². The topological polar surface area (TPSA) is 149 Å². The Labute approximate surface area is 211 Å². The Kier molecular flexibility index (Phi) is 6.86. The van der Waals surface area contributed by atoms with E-state index in [0.717, 1.165) is 0 Å². The standard InChI is InChI=1S/C23H23FN6O6S/c24-20-9-16(30-13-18(35-23(30)32)12-29-6-5-26-28-29)2-3-19(20)15-1-4-21(25-11-15)22-10-17(36-27-22)14-37(33,34)8-7-31/h1-6,9-11,17-18,27,31H,7-8,12-14H2/t17?,18-/m0/s1. The van der Waals surface area contributed by atoms with Gasteiger partial charge in [-0.15, -0.1) is 5.10 Å². The summed E-state index contributed by atoms with van der Waals surface area (Å²) in [7, 11) is -3.46. The first kappa shape index (κ1) is 24.8. The number of sulfone groups is 1. The van der Waals surface area contributed by atoms with Crippen molar-refractivity contribution in [3.05, 3.63) is 66.5 Å². The number of aliphatic hydroxyl groups excluding tert-OH is 1. The van der Waals surface area contributed by atoms with Gasteiger partial charge >= 0.3 is 6.09 Å². The lowest BCUT2D eigenvalue weighted by molar-refractivity contribution is 0.0640. The molecule has 0 radical (unpaired) electrons. The second kappa shape index (κ2) is 10.2. The van der Waals surface area contributed by atoms with Gasteiger partial charge in [0.25, 0.3) is 0 Å². The maximum absolute atomic E-state index is 15.0. The molecule has 0 bridgehead atoms. The van der Waals surface area contributed by atoms with E-state index in [2.05, 4.69) is 20.8 Å². The summed E-state index contributed by atoms with van der Waals surface area (Å²) in [5.74, 6) is -1.14. The number of cyclic esters (lactones) is 1. The Balaban J connectivity index is 1.26. The van der Waals surface area contributed by atoms with Gasteiger partial charge in [0.05, 0.1) is 54.5 Å². The number of aliphatic hydroxyl groups is 1. The average molecular weight is 531 g/mol. The Morgan fingerprint density at radius 2 is 2.11 bits per heavy atom. The maximum atomic E-state index is 15.0. The molecule has 0 saturated carbocycles. The van der Waals surface area contributed by atoms with Crippen molar-refractivity contribution in [3.8, 4) is 11.1 Å². The van der Waals surface area contributed by atoms with E-state index in [1.54, 1.807) is 41.2 Å². The summed E-state index contributed by atoms with van der Waals surface area (Å²) in [6.07, 6.45) is 4.56. The van der Waals surface area contributed by atoms with E-state index in [9.17, 15) is 13.2 Å². The molecule has 2 aliphatic rings. The van der Waals surface area contributed by atoms with Crippen LogP contribution in [0.15, 0.2) is 55.0 Å². The van der Waals surface area contributed by atoms with Crippen LogP contribution in [0.1, 0.15) is 5.69 Å². The van der Waals surface area contributed by atoms with Gasteiger partial charge in [-0.05, 0) is 30.3 Å². The molecule has 2 aromatic heterocycles. The Morgan fingerprint density at radius 3 is 2.81 bits per heavy atom. The molecule has 194 valence electrons. The van der Waals surface area contributed by atoms with Gasteiger partial charge in [-0.3, -0.25) is 20.2 Å². The fourth-order valence-electron chi connectivity index (χ4n) is 4.07. The Hall–Kier alpha value is -3.88. The molecule has 1 saturated heterocycles. The summed E-state index contributed by atoms with van der Waals surface area (Å²) < 4.78 is 45.7. The molecule has 0 aliphatic carbocycles. The highest BCUT2D eigenvalue weighted by Crippen LogP contribution is 2.30. The quantitative estimate of drug-likeness (QED) is 0.413. The number of hydrogen-bond donors (Lipinski definition) is 2. The number of halogens is 1. The van der Waals surface area contributed by atoms with Crippen molar-refractivity contribution in [1.29, 1.82) is 0 Å². The number of aromatic nitrogens is 4. The molecular weight excluding hydrogens is 507 g/mol. The number of rotatable bonds is 9. The summed E-state index contributed by atoms with van der Waals surface area (Å²) in [4.78, 5) is 23.3. The third-order valence-corrected chi connectivity index (χ3v) is 7.49. The zero-order valence-corrected chi connectivity index (χ0v) is 20.2. The molecule has 1 amide bonds. The minimum absolute atomic E-state index is 0.250. The van der Waals surface area contributed by atoms with Gasteiger partial charge in [-0.2, -0.15) is 0 Å². The van der Waals surface area contributed by atoms with Crippen LogP contribution in [0.4, 0.5) is 14.9 Å². The number of anilines is 1. The van der Waals surface area contributed by atoms with Crippen LogP contribution in [0.5, 0.6) is 0 Å². The van der Waals surface area contributed by atoms with E-state index in [4.69, 9.17) is 14.7 Å². The summed E-state index contributed by atoms with van der Waals surface area (Å²) in [5.41, 5.74) is 4.82. The predicted molar refractivity (Wildman–Crippen MR) is 129 cm³/mol. The van der Waals surface area contributed by atoms with Crippen molar-refractivity contribution in [1.82, 2.24) is 25.5 Å². The minimum atomic E-state index is -3.46. The lowest BCUT2D eigenvalue weighted by Gasteiger charge is -2.14. The fourth-order valence-corrected chi connectivity index (χ4v) is 5.18. The highest BCUT2D eigenvalue weighted by Gasteiger charge is 2.33. The van der Waals surface area contributed by atoms with Crippen molar-refractivity contribution in [2.75, 3.05) is 29.6 Å². The number of nitrogens with zero attached hydrogens (tertiary/aromatic N) is 5. The first-order valence-corrected chi connectivity index (χ1v) is 13.2.